The van der Waals surface area contributed by atoms with Gasteiger partial charge in [0, 0.05) is 12.6 Å². The van der Waals surface area contributed by atoms with Crippen LogP contribution in [0, 0.1) is 17.3 Å². The van der Waals surface area contributed by atoms with Crippen molar-refractivity contribution in [1.82, 2.24) is 5.32 Å². The Bertz CT molecular complexity index is 302. The van der Waals surface area contributed by atoms with Gasteiger partial charge in [-0.3, -0.25) is 0 Å². The predicted molar refractivity (Wildman–Crippen MR) is 74.4 cm³/mol. The molecular formula is C16H29NO. The van der Waals surface area contributed by atoms with Gasteiger partial charge in [0.2, 0.25) is 0 Å². The maximum atomic E-state index is 10.7. The van der Waals surface area contributed by atoms with Gasteiger partial charge in [0.05, 0.1) is 5.60 Å². The van der Waals surface area contributed by atoms with E-state index in [0.717, 1.165) is 31.2 Å². The van der Waals surface area contributed by atoms with Crippen LogP contribution in [-0.4, -0.2) is 23.3 Å². The Kier molecular flexibility index (Phi) is 3.22. The van der Waals surface area contributed by atoms with Gasteiger partial charge < -0.3 is 10.4 Å². The summed E-state index contributed by atoms with van der Waals surface area (Å²) in [5.41, 5.74) is 0.0238. The van der Waals surface area contributed by atoms with Gasteiger partial charge in [-0.2, -0.15) is 0 Å². The largest absolute Gasteiger partial charge is 0.389 e. The summed E-state index contributed by atoms with van der Waals surface area (Å²) in [5, 5.41) is 14.4. The topological polar surface area (TPSA) is 32.3 Å². The molecule has 3 atom stereocenters. The van der Waals surface area contributed by atoms with Crippen molar-refractivity contribution in [2.24, 2.45) is 17.3 Å². The number of aliphatic hydroxyl groups is 1. The summed E-state index contributed by atoms with van der Waals surface area (Å²) in [6.45, 7) is 5.49. The van der Waals surface area contributed by atoms with Crippen LogP contribution >= 0.6 is 0 Å². The van der Waals surface area contributed by atoms with E-state index in [9.17, 15) is 5.11 Å². The van der Waals surface area contributed by atoms with E-state index < -0.39 is 5.60 Å². The van der Waals surface area contributed by atoms with Crippen molar-refractivity contribution < 1.29 is 5.11 Å². The van der Waals surface area contributed by atoms with Gasteiger partial charge in [-0.05, 0) is 62.2 Å². The summed E-state index contributed by atoms with van der Waals surface area (Å²) in [6, 6.07) is 0.711. The second kappa shape index (κ2) is 4.49. The first-order valence-electron chi connectivity index (χ1n) is 7.92. The molecule has 3 rings (SSSR count). The summed E-state index contributed by atoms with van der Waals surface area (Å²) in [5.74, 6) is 1.91. The lowest BCUT2D eigenvalue weighted by Crippen LogP contribution is -2.48. The van der Waals surface area contributed by atoms with E-state index in [1.807, 2.05) is 0 Å². The highest BCUT2D eigenvalue weighted by Crippen LogP contribution is 2.45. The van der Waals surface area contributed by atoms with Gasteiger partial charge >= 0.3 is 0 Å². The number of fused-ring (bicyclic) bond motifs is 2. The standard InChI is InChI=1S/C16H29NO/c1-15(2)5-7-16(18,8-6-15)11-17-14-10-12-3-4-13(14)9-12/h12-14,17-18H,3-11H2,1-2H3. The molecule has 0 aromatic carbocycles. The lowest BCUT2D eigenvalue weighted by molar-refractivity contribution is -0.0271. The van der Waals surface area contributed by atoms with Crippen molar-refractivity contribution in [2.45, 2.75) is 76.9 Å². The first-order valence-corrected chi connectivity index (χ1v) is 7.92. The molecule has 0 radical (unpaired) electrons. The highest BCUT2D eigenvalue weighted by molar-refractivity contribution is 4.97. The van der Waals surface area contributed by atoms with Crippen LogP contribution in [0.2, 0.25) is 0 Å². The van der Waals surface area contributed by atoms with E-state index in [2.05, 4.69) is 19.2 Å². The average Bonchev–Trinajstić information content (AvgIpc) is 2.93. The van der Waals surface area contributed by atoms with E-state index in [4.69, 9.17) is 0 Å². The fourth-order valence-electron chi connectivity index (χ4n) is 4.38. The molecular weight excluding hydrogens is 222 g/mol. The molecule has 0 aromatic rings. The second-order valence-electron chi connectivity index (χ2n) is 8.05. The molecule has 2 heteroatoms. The molecule has 2 nitrogen and oxygen atoms in total. The molecule has 3 aliphatic carbocycles. The van der Waals surface area contributed by atoms with Gasteiger partial charge in [0.1, 0.15) is 0 Å². The van der Waals surface area contributed by atoms with Crippen LogP contribution in [-0.2, 0) is 0 Å². The molecule has 2 N–H and O–H groups in total. The normalized spacial score (nSPS) is 41.2. The minimum Gasteiger partial charge on any atom is -0.389 e. The van der Waals surface area contributed by atoms with Crippen LogP contribution in [0.5, 0.6) is 0 Å². The van der Waals surface area contributed by atoms with Gasteiger partial charge in [-0.1, -0.05) is 20.3 Å². The zero-order valence-electron chi connectivity index (χ0n) is 12.0. The molecule has 3 fully saturated rings. The predicted octanol–water partition coefficient (Wildman–Crippen LogP) is 3.10. The van der Waals surface area contributed by atoms with Crippen LogP contribution in [0.1, 0.15) is 65.2 Å². The molecule has 0 heterocycles. The van der Waals surface area contributed by atoms with Crippen LogP contribution in [0.4, 0.5) is 0 Å². The quantitative estimate of drug-likeness (QED) is 0.808. The number of hydrogen-bond donors (Lipinski definition) is 2. The molecule has 3 aliphatic rings. The fourth-order valence-corrected chi connectivity index (χ4v) is 4.38. The average molecular weight is 251 g/mol. The van der Waals surface area contributed by atoms with Crippen molar-refractivity contribution in [1.29, 1.82) is 0 Å². The maximum Gasteiger partial charge on any atom is 0.0772 e. The van der Waals surface area contributed by atoms with E-state index in [0.29, 0.717) is 11.5 Å². The molecule has 0 spiro atoms. The first kappa shape index (κ1) is 12.9. The maximum absolute atomic E-state index is 10.7. The zero-order chi connectivity index (χ0) is 12.8. The lowest BCUT2D eigenvalue weighted by Gasteiger charge is -2.41. The summed E-state index contributed by atoms with van der Waals surface area (Å²) in [6.07, 6.45) is 10.00. The second-order valence-corrected chi connectivity index (χ2v) is 8.05. The van der Waals surface area contributed by atoms with Crippen LogP contribution in [0.3, 0.4) is 0 Å². The van der Waals surface area contributed by atoms with Gasteiger partial charge in [-0.25, -0.2) is 0 Å². The third kappa shape index (κ3) is 2.60. The third-order valence-corrected chi connectivity index (χ3v) is 5.97. The molecule has 3 unspecified atom stereocenters. The van der Waals surface area contributed by atoms with Crippen molar-refractivity contribution in [3.8, 4) is 0 Å². The van der Waals surface area contributed by atoms with Crippen molar-refractivity contribution in [3.05, 3.63) is 0 Å². The third-order valence-electron chi connectivity index (χ3n) is 5.97. The van der Waals surface area contributed by atoms with Gasteiger partial charge in [0.15, 0.2) is 0 Å². The van der Waals surface area contributed by atoms with Crippen molar-refractivity contribution in [3.63, 3.8) is 0 Å². The zero-order valence-corrected chi connectivity index (χ0v) is 12.0. The Morgan fingerprint density at radius 2 is 1.78 bits per heavy atom. The SMILES string of the molecule is CC1(C)CCC(O)(CNC2CC3CCC2C3)CC1. The monoisotopic (exact) mass is 251 g/mol. The lowest BCUT2D eigenvalue weighted by atomic mass is 9.71. The van der Waals surface area contributed by atoms with E-state index >= 15 is 0 Å². The molecule has 3 saturated carbocycles. The van der Waals surface area contributed by atoms with Crippen molar-refractivity contribution >= 4 is 0 Å². The smallest absolute Gasteiger partial charge is 0.0772 e. The summed E-state index contributed by atoms with van der Waals surface area (Å²) in [7, 11) is 0. The fraction of sp³-hybridized carbons (Fsp3) is 1.00. The summed E-state index contributed by atoms with van der Waals surface area (Å²) >= 11 is 0. The van der Waals surface area contributed by atoms with E-state index in [1.54, 1.807) is 0 Å². The highest BCUT2D eigenvalue weighted by Gasteiger charge is 2.41. The van der Waals surface area contributed by atoms with E-state index in [1.165, 1.54) is 38.5 Å². The first-order chi connectivity index (χ1) is 8.46. The molecule has 0 saturated heterocycles. The Morgan fingerprint density at radius 3 is 2.33 bits per heavy atom. The molecule has 18 heavy (non-hydrogen) atoms. The van der Waals surface area contributed by atoms with Crippen molar-refractivity contribution in [2.75, 3.05) is 6.54 Å². The minimum absolute atomic E-state index is 0.419. The van der Waals surface area contributed by atoms with E-state index in [-0.39, 0.29) is 0 Å². The molecule has 104 valence electrons. The van der Waals surface area contributed by atoms with Gasteiger partial charge in [0.25, 0.3) is 0 Å². The Hall–Kier alpha value is -0.0800. The molecule has 0 amide bonds. The van der Waals surface area contributed by atoms with Crippen LogP contribution in [0.25, 0.3) is 0 Å². The Labute approximate surface area is 112 Å². The molecule has 0 aliphatic heterocycles. The minimum atomic E-state index is -0.419. The number of nitrogens with one attached hydrogen (secondary N) is 1. The Balaban J connectivity index is 1.48. The van der Waals surface area contributed by atoms with Crippen LogP contribution in [0.15, 0.2) is 0 Å². The molecule has 0 aromatic heterocycles. The number of rotatable bonds is 3. The summed E-state index contributed by atoms with van der Waals surface area (Å²) in [4.78, 5) is 0. The Morgan fingerprint density at radius 1 is 1.06 bits per heavy atom. The highest BCUT2D eigenvalue weighted by atomic mass is 16.3. The molecule has 2 bridgehead atoms. The van der Waals surface area contributed by atoms with Gasteiger partial charge in [-0.15, -0.1) is 0 Å². The van der Waals surface area contributed by atoms with Crippen LogP contribution < -0.4 is 5.32 Å². The number of hydrogen-bond acceptors (Lipinski definition) is 2. The summed E-state index contributed by atoms with van der Waals surface area (Å²) < 4.78 is 0.